The summed E-state index contributed by atoms with van der Waals surface area (Å²) in [6.45, 7) is 31.7. The van der Waals surface area contributed by atoms with Gasteiger partial charge >= 0.3 is 14.8 Å². The second kappa shape index (κ2) is 9.56. The maximum Gasteiger partial charge on any atom is 0.853 e. The van der Waals surface area contributed by atoms with E-state index in [1.54, 1.807) is 0 Å². The van der Waals surface area contributed by atoms with Gasteiger partial charge in [0.25, 0.3) is 0 Å². The molecule has 2 aromatic rings. The molecular formula is C31H49AlO2. The summed E-state index contributed by atoms with van der Waals surface area (Å²) in [5.41, 5.74) is 7.68. The fourth-order valence-corrected chi connectivity index (χ4v) is 6.09. The number of rotatable bonds is 4. The van der Waals surface area contributed by atoms with Crippen LogP contribution in [0.3, 0.4) is 0 Å². The van der Waals surface area contributed by atoms with Crippen molar-refractivity contribution in [1.29, 1.82) is 0 Å². The molecule has 2 aromatic carbocycles. The Morgan fingerprint density at radius 3 is 1.03 bits per heavy atom. The molecule has 0 atom stereocenters. The highest BCUT2D eigenvalue weighted by molar-refractivity contribution is 6.44. The standard InChI is InChI=1S/2C15H24O.CH3.Al/c2*1-10-8-9-11(14(2,3)4)12(13(10)16)15(5,6)7;;/h2*8-9,16H,1-7H3;1H3;/q;;;+2/p-2. The average molecular weight is 481 g/mol. The summed E-state index contributed by atoms with van der Waals surface area (Å²) in [7, 11) is 0. The zero-order valence-electron chi connectivity index (χ0n) is 24.7. The van der Waals surface area contributed by atoms with E-state index in [0.717, 1.165) is 11.5 Å². The summed E-state index contributed by atoms with van der Waals surface area (Å²) >= 11 is -2.06. The zero-order valence-corrected chi connectivity index (χ0v) is 25.9. The van der Waals surface area contributed by atoms with Gasteiger partial charge in [0.2, 0.25) is 0 Å². The monoisotopic (exact) mass is 480 g/mol. The van der Waals surface area contributed by atoms with Gasteiger partial charge < -0.3 is 7.58 Å². The molecule has 3 heteroatoms. The second-order valence-electron chi connectivity index (χ2n) is 14.1. The van der Waals surface area contributed by atoms with Gasteiger partial charge in [-0.3, -0.25) is 0 Å². The van der Waals surface area contributed by atoms with Crippen molar-refractivity contribution in [2.75, 3.05) is 0 Å². The molecule has 0 aliphatic heterocycles. The Balaban J connectivity index is 2.62. The van der Waals surface area contributed by atoms with Crippen molar-refractivity contribution >= 4 is 14.8 Å². The molecule has 34 heavy (non-hydrogen) atoms. The molecule has 0 radical (unpaired) electrons. The third-order valence-electron chi connectivity index (χ3n) is 6.39. The van der Waals surface area contributed by atoms with Crippen LogP contribution in [0.5, 0.6) is 11.5 Å². The lowest BCUT2D eigenvalue weighted by molar-refractivity contribution is 0.401. The van der Waals surface area contributed by atoms with Crippen LogP contribution in [-0.2, 0) is 21.7 Å². The molecule has 0 aliphatic carbocycles. The van der Waals surface area contributed by atoms with Crippen LogP contribution in [0.1, 0.15) is 116 Å². The van der Waals surface area contributed by atoms with E-state index in [-0.39, 0.29) is 21.7 Å². The van der Waals surface area contributed by atoms with Gasteiger partial charge in [-0.1, -0.05) is 107 Å². The second-order valence-corrected chi connectivity index (χ2v) is 15.7. The molecule has 2 nitrogen and oxygen atoms in total. The van der Waals surface area contributed by atoms with Gasteiger partial charge in [-0.2, -0.15) is 0 Å². The van der Waals surface area contributed by atoms with Crippen LogP contribution in [0.25, 0.3) is 0 Å². The van der Waals surface area contributed by atoms with Gasteiger partial charge in [0.1, 0.15) is 0 Å². The molecule has 0 aliphatic rings. The fraction of sp³-hybridized carbons (Fsp3) is 0.613. The molecule has 2 rings (SSSR count). The van der Waals surface area contributed by atoms with Crippen molar-refractivity contribution in [3.8, 4) is 11.5 Å². The van der Waals surface area contributed by atoms with Gasteiger partial charge in [-0.25, -0.2) is 0 Å². The van der Waals surface area contributed by atoms with E-state index in [0.29, 0.717) is 0 Å². The molecule has 0 saturated carbocycles. The van der Waals surface area contributed by atoms with E-state index >= 15 is 0 Å². The maximum absolute atomic E-state index is 6.81. The molecule has 188 valence electrons. The van der Waals surface area contributed by atoms with Crippen LogP contribution in [0, 0.1) is 13.8 Å². The smallest absolute Gasteiger partial charge is 0.611 e. The molecule has 0 unspecified atom stereocenters. The Morgan fingerprint density at radius 1 is 0.500 bits per heavy atom. The lowest BCUT2D eigenvalue weighted by atomic mass is 9.74. The van der Waals surface area contributed by atoms with Gasteiger partial charge in [0.05, 0.1) is 11.5 Å². The summed E-state index contributed by atoms with van der Waals surface area (Å²) in [5.74, 6) is 4.19. The van der Waals surface area contributed by atoms with Crippen LogP contribution in [0.15, 0.2) is 24.3 Å². The summed E-state index contributed by atoms with van der Waals surface area (Å²) in [5, 5.41) is 0. The van der Waals surface area contributed by atoms with Crippen LogP contribution >= 0.6 is 0 Å². The maximum atomic E-state index is 6.81. The van der Waals surface area contributed by atoms with Crippen molar-refractivity contribution in [3.63, 3.8) is 0 Å². The van der Waals surface area contributed by atoms with Crippen molar-refractivity contribution in [2.45, 2.75) is 124 Å². The van der Waals surface area contributed by atoms with Gasteiger partial charge in [0, 0.05) is 11.1 Å². The summed E-state index contributed by atoms with van der Waals surface area (Å²) in [4.78, 5) is 0. The summed E-state index contributed by atoms with van der Waals surface area (Å²) in [6, 6.07) is 8.98. The number of benzene rings is 2. The highest BCUT2D eigenvalue weighted by Gasteiger charge is 2.36. The van der Waals surface area contributed by atoms with Crippen LogP contribution in [0.4, 0.5) is 0 Å². The number of hydrogen-bond donors (Lipinski definition) is 0. The lowest BCUT2D eigenvalue weighted by Crippen LogP contribution is -2.32. The van der Waals surface area contributed by atoms with Crippen molar-refractivity contribution in [1.82, 2.24) is 0 Å². The first-order valence-electron chi connectivity index (χ1n) is 12.8. The summed E-state index contributed by atoms with van der Waals surface area (Å²) < 4.78 is 13.6. The Labute approximate surface area is 215 Å². The minimum atomic E-state index is -2.06. The molecule has 0 aromatic heterocycles. The average Bonchev–Trinajstić information content (AvgIpc) is 2.60. The van der Waals surface area contributed by atoms with E-state index in [2.05, 4.69) is 127 Å². The highest BCUT2D eigenvalue weighted by atomic mass is 27.2. The highest BCUT2D eigenvalue weighted by Crippen LogP contribution is 2.44. The number of hydrogen-bond acceptors (Lipinski definition) is 2. The van der Waals surface area contributed by atoms with Crippen molar-refractivity contribution < 1.29 is 7.58 Å². The predicted octanol–water partition coefficient (Wildman–Crippen LogP) is 9.07. The first kappa shape index (κ1) is 28.8. The molecule has 0 heterocycles. The van der Waals surface area contributed by atoms with Crippen LogP contribution < -0.4 is 7.58 Å². The van der Waals surface area contributed by atoms with Crippen LogP contribution in [-0.4, -0.2) is 14.8 Å². The molecule has 0 N–H and O–H groups in total. The van der Waals surface area contributed by atoms with E-state index in [1.807, 2.05) is 0 Å². The molecule has 0 bridgehead atoms. The Morgan fingerprint density at radius 2 is 0.794 bits per heavy atom. The fourth-order valence-electron chi connectivity index (χ4n) is 4.77. The number of aryl methyl sites for hydroxylation is 2. The molecule has 0 saturated heterocycles. The van der Waals surface area contributed by atoms with E-state index < -0.39 is 14.8 Å². The SMILES string of the molecule is Cc1ccc(C(C)(C)C)c(C(C)(C)C)c1[O][Al]([CH3])[O]c1c(C)ccc(C(C)(C)C)c1C(C)(C)C. The Bertz CT molecular complexity index is 938. The Kier molecular flexibility index (Phi) is 8.10. The predicted molar refractivity (Wildman–Crippen MR) is 150 cm³/mol. The molecule has 0 spiro atoms. The largest absolute Gasteiger partial charge is 0.853 e. The topological polar surface area (TPSA) is 18.5 Å². The minimum Gasteiger partial charge on any atom is -0.611 e. The third kappa shape index (κ3) is 6.41. The minimum absolute atomic E-state index is 0.0310. The summed E-state index contributed by atoms with van der Waals surface area (Å²) in [6.07, 6.45) is 0. The van der Waals surface area contributed by atoms with E-state index in [9.17, 15) is 0 Å². The first-order valence-corrected chi connectivity index (χ1v) is 14.9. The van der Waals surface area contributed by atoms with Gasteiger partial charge in [0.15, 0.2) is 0 Å². The quantitative estimate of drug-likeness (QED) is 0.406. The lowest BCUT2D eigenvalue weighted by Gasteiger charge is -2.35. The van der Waals surface area contributed by atoms with Gasteiger partial charge in [-0.05, 0) is 63.5 Å². The van der Waals surface area contributed by atoms with Crippen LogP contribution in [0.2, 0.25) is 5.79 Å². The Hall–Kier alpha value is -1.43. The van der Waals surface area contributed by atoms with E-state index in [1.165, 1.54) is 33.4 Å². The molecule has 0 amide bonds. The van der Waals surface area contributed by atoms with Crippen molar-refractivity contribution in [3.05, 3.63) is 57.6 Å². The third-order valence-corrected chi connectivity index (χ3v) is 7.53. The molecule has 0 fully saturated rings. The van der Waals surface area contributed by atoms with E-state index in [4.69, 9.17) is 7.58 Å². The van der Waals surface area contributed by atoms with Crippen molar-refractivity contribution in [2.24, 2.45) is 0 Å². The first-order chi connectivity index (χ1) is 15.2. The van der Waals surface area contributed by atoms with Gasteiger partial charge in [-0.15, -0.1) is 0 Å². The normalized spacial score (nSPS) is 13.1. The zero-order chi connectivity index (χ0) is 26.4. The molecular weight excluding hydrogens is 431 g/mol.